The molecule has 0 saturated heterocycles. The number of halogens is 3. The molecule has 0 spiro atoms. The van der Waals surface area contributed by atoms with Crippen LogP contribution in [0, 0.1) is 12.7 Å². The van der Waals surface area contributed by atoms with Gasteiger partial charge in [-0.1, -0.05) is 23.2 Å². The highest BCUT2D eigenvalue weighted by atomic mass is 35.5. The lowest BCUT2D eigenvalue weighted by Gasteiger charge is -2.12. The Kier molecular flexibility index (Phi) is 4.04. The highest BCUT2D eigenvalue weighted by Gasteiger charge is 2.11. The van der Waals surface area contributed by atoms with Gasteiger partial charge in [0.15, 0.2) is 0 Å². The molecular weight excluding hydrogens is 292 g/mol. The van der Waals surface area contributed by atoms with Gasteiger partial charge in [0.2, 0.25) is 5.95 Å². The van der Waals surface area contributed by atoms with Crippen molar-refractivity contribution in [2.75, 3.05) is 10.7 Å². The second-order valence-electron chi connectivity index (χ2n) is 3.74. The number of aromatic nitrogens is 2. The van der Waals surface area contributed by atoms with Crippen molar-refractivity contribution in [2.45, 2.75) is 6.92 Å². The van der Waals surface area contributed by atoms with Crippen LogP contribution in [0.4, 0.5) is 21.8 Å². The molecule has 0 saturated carbocycles. The molecule has 0 radical (unpaired) electrons. The summed E-state index contributed by atoms with van der Waals surface area (Å²) in [6.45, 7) is 1.80. The standard InChI is InChI=1S/C11H10Cl2FN5/c1-5-4-16-11(19-15)18-10(5)17-9-7(12)2-6(14)3-8(9)13/h2-4H,15H2,1H3,(H2,16,17,18,19). The fraction of sp³-hybridized carbons (Fsp3) is 0.0909. The zero-order valence-corrected chi connectivity index (χ0v) is 11.3. The van der Waals surface area contributed by atoms with E-state index in [1.54, 1.807) is 13.1 Å². The summed E-state index contributed by atoms with van der Waals surface area (Å²) in [5.74, 6) is 5.44. The van der Waals surface area contributed by atoms with Crippen molar-refractivity contribution in [3.05, 3.63) is 39.8 Å². The van der Waals surface area contributed by atoms with E-state index in [4.69, 9.17) is 29.0 Å². The smallest absolute Gasteiger partial charge is 0.239 e. The third kappa shape index (κ3) is 3.04. The number of hydrogen-bond donors (Lipinski definition) is 3. The molecule has 0 amide bonds. The van der Waals surface area contributed by atoms with E-state index in [-0.39, 0.29) is 16.0 Å². The molecule has 0 aliphatic carbocycles. The molecule has 1 heterocycles. The predicted molar refractivity (Wildman–Crippen MR) is 74.3 cm³/mol. The number of hydrazine groups is 1. The summed E-state index contributed by atoms with van der Waals surface area (Å²) in [4.78, 5) is 8.07. The number of nitrogens with one attached hydrogen (secondary N) is 2. The first-order valence-corrected chi connectivity index (χ1v) is 5.98. The van der Waals surface area contributed by atoms with Gasteiger partial charge in [0.1, 0.15) is 11.6 Å². The van der Waals surface area contributed by atoms with Crippen molar-refractivity contribution in [2.24, 2.45) is 5.84 Å². The van der Waals surface area contributed by atoms with Crippen LogP contribution in [0.15, 0.2) is 18.3 Å². The molecule has 0 aliphatic rings. The van der Waals surface area contributed by atoms with Gasteiger partial charge in [0.25, 0.3) is 0 Å². The second-order valence-corrected chi connectivity index (χ2v) is 4.55. The summed E-state index contributed by atoms with van der Waals surface area (Å²) in [5.41, 5.74) is 3.46. The summed E-state index contributed by atoms with van der Waals surface area (Å²) >= 11 is 11.9. The fourth-order valence-corrected chi connectivity index (χ4v) is 1.97. The predicted octanol–water partition coefficient (Wildman–Crippen LogP) is 3.26. The maximum atomic E-state index is 13.1. The molecule has 1 aromatic heterocycles. The lowest BCUT2D eigenvalue weighted by Crippen LogP contribution is -2.11. The maximum absolute atomic E-state index is 13.1. The van der Waals surface area contributed by atoms with Crippen LogP contribution in [0.25, 0.3) is 0 Å². The van der Waals surface area contributed by atoms with Gasteiger partial charge in [-0.15, -0.1) is 0 Å². The zero-order valence-electron chi connectivity index (χ0n) is 9.84. The minimum Gasteiger partial charge on any atom is -0.337 e. The van der Waals surface area contributed by atoms with Crippen LogP contribution in [-0.4, -0.2) is 9.97 Å². The van der Waals surface area contributed by atoms with Gasteiger partial charge in [0.05, 0.1) is 15.7 Å². The molecule has 8 heteroatoms. The average molecular weight is 302 g/mol. The fourth-order valence-electron chi connectivity index (χ4n) is 1.42. The molecule has 0 atom stereocenters. The maximum Gasteiger partial charge on any atom is 0.239 e. The van der Waals surface area contributed by atoms with Crippen molar-refractivity contribution >= 4 is 40.7 Å². The average Bonchev–Trinajstić information content (AvgIpc) is 2.35. The third-order valence-electron chi connectivity index (χ3n) is 2.35. The SMILES string of the molecule is Cc1cnc(NN)nc1Nc1c(Cl)cc(F)cc1Cl. The summed E-state index contributed by atoms with van der Waals surface area (Å²) in [6.07, 6.45) is 1.58. The molecule has 1 aromatic carbocycles. The molecule has 2 aromatic rings. The van der Waals surface area contributed by atoms with E-state index in [9.17, 15) is 4.39 Å². The molecule has 0 fully saturated rings. The normalized spacial score (nSPS) is 10.4. The van der Waals surface area contributed by atoms with E-state index < -0.39 is 5.82 Å². The number of rotatable bonds is 3. The van der Waals surface area contributed by atoms with E-state index in [0.717, 1.165) is 17.7 Å². The summed E-state index contributed by atoms with van der Waals surface area (Å²) < 4.78 is 13.1. The van der Waals surface area contributed by atoms with Gasteiger partial charge in [-0.3, -0.25) is 5.43 Å². The minimum absolute atomic E-state index is 0.158. The number of nitrogen functional groups attached to an aromatic ring is 1. The van der Waals surface area contributed by atoms with E-state index in [0.29, 0.717) is 11.5 Å². The molecule has 100 valence electrons. The first-order valence-electron chi connectivity index (χ1n) is 5.23. The lowest BCUT2D eigenvalue weighted by molar-refractivity contribution is 0.628. The number of nitrogens with zero attached hydrogens (tertiary/aromatic N) is 2. The van der Waals surface area contributed by atoms with Crippen LogP contribution in [0.5, 0.6) is 0 Å². The first kappa shape index (κ1) is 13.8. The number of anilines is 3. The number of aryl methyl sites for hydroxylation is 1. The zero-order chi connectivity index (χ0) is 14.0. The van der Waals surface area contributed by atoms with Crippen molar-refractivity contribution < 1.29 is 4.39 Å². The van der Waals surface area contributed by atoms with Gasteiger partial charge < -0.3 is 5.32 Å². The van der Waals surface area contributed by atoms with Crippen LogP contribution < -0.4 is 16.6 Å². The Morgan fingerprint density at radius 3 is 2.47 bits per heavy atom. The molecule has 0 bridgehead atoms. The van der Waals surface area contributed by atoms with Crippen molar-refractivity contribution in [1.82, 2.24) is 9.97 Å². The third-order valence-corrected chi connectivity index (χ3v) is 2.95. The van der Waals surface area contributed by atoms with Gasteiger partial charge in [0, 0.05) is 11.8 Å². The topological polar surface area (TPSA) is 75.9 Å². The molecule has 0 aliphatic heterocycles. The van der Waals surface area contributed by atoms with Crippen LogP contribution in [0.2, 0.25) is 10.0 Å². The minimum atomic E-state index is -0.510. The number of hydrogen-bond acceptors (Lipinski definition) is 5. The van der Waals surface area contributed by atoms with Crippen molar-refractivity contribution in [1.29, 1.82) is 0 Å². The van der Waals surface area contributed by atoms with E-state index in [1.165, 1.54) is 0 Å². The molecule has 4 N–H and O–H groups in total. The molecule has 0 unspecified atom stereocenters. The van der Waals surface area contributed by atoms with Crippen LogP contribution in [-0.2, 0) is 0 Å². The Morgan fingerprint density at radius 2 is 1.89 bits per heavy atom. The summed E-state index contributed by atoms with van der Waals surface area (Å²) in [5, 5.41) is 3.25. The van der Waals surface area contributed by atoms with E-state index in [1.807, 2.05) is 0 Å². The van der Waals surface area contributed by atoms with Crippen LogP contribution in [0.1, 0.15) is 5.56 Å². The number of benzene rings is 1. The first-order chi connectivity index (χ1) is 9.01. The highest BCUT2D eigenvalue weighted by Crippen LogP contribution is 2.34. The molecular formula is C11H10Cl2FN5. The molecule has 2 rings (SSSR count). The Morgan fingerprint density at radius 1 is 1.26 bits per heavy atom. The Hall–Kier alpha value is -1.63. The van der Waals surface area contributed by atoms with Crippen molar-refractivity contribution in [3.63, 3.8) is 0 Å². The monoisotopic (exact) mass is 301 g/mol. The molecule has 19 heavy (non-hydrogen) atoms. The summed E-state index contributed by atoms with van der Waals surface area (Å²) in [7, 11) is 0. The van der Waals surface area contributed by atoms with Gasteiger partial charge in [-0.05, 0) is 19.1 Å². The Balaban J connectivity index is 2.41. The van der Waals surface area contributed by atoms with E-state index in [2.05, 4.69) is 20.7 Å². The highest BCUT2D eigenvalue weighted by molar-refractivity contribution is 6.39. The quantitative estimate of drug-likeness (QED) is 0.599. The van der Waals surface area contributed by atoms with E-state index >= 15 is 0 Å². The largest absolute Gasteiger partial charge is 0.337 e. The van der Waals surface area contributed by atoms with Crippen LogP contribution >= 0.6 is 23.2 Å². The number of nitrogens with two attached hydrogens (primary N) is 1. The van der Waals surface area contributed by atoms with Crippen molar-refractivity contribution in [3.8, 4) is 0 Å². The second kappa shape index (κ2) is 5.56. The Labute approximate surface area is 118 Å². The molecule has 5 nitrogen and oxygen atoms in total. The van der Waals surface area contributed by atoms with Gasteiger partial charge in [-0.25, -0.2) is 15.2 Å². The lowest BCUT2D eigenvalue weighted by atomic mass is 10.3. The van der Waals surface area contributed by atoms with Gasteiger partial charge >= 0.3 is 0 Å². The van der Waals surface area contributed by atoms with Crippen LogP contribution in [0.3, 0.4) is 0 Å². The summed E-state index contributed by atoms with van der Waals surface area (Å²) in [6, 6.07) is 2.32. The Bertz CT molecular complexity index is 597. The van der Waals surface area contributed by atoms with Gasteiger partial charge in [-0.2, -0.15) is 4.98 Å².